The first kappa shape index (κ1) is 40.0. The number of thiazole rings is 1. The molecule has 1 aliphatic rings. The van der Waals surface area contributed by atoms with Gasteiger partial charge in [0.2, 0.25) is 23.6 Å². The number of hydrogen-bond donors (Lipinski definition) is 3. The summed E-state index contributed by atoms with van der Waals surface area (Å²) in [6.07, 6.45) is 3.47. The molecule has 1 saturated heterocycles. The second-order valence-electron chi connectivity index (χ2n) is 13.7. The molecule has 0 spiro atoms. The number of methoxy groups -OCH3 is 2. The molecule has 4 N–H and O–H groups in total. The number of amides is 4. The van der Waals surface area contributed by atoms with Crippen LogP contribution in [0.5, 0.6) is 0 Å². The number of carbonyl (C=O) groups is 4. The smallest absolute Gasteiger partial charge is 0.242 e. The number of rotatable bonds is 18. The van der Waals surface area contributed by atoms with Gasteiger partial charge in [0.15, 0.2) is 0 Å². The van der Waals surface area contributed by atoms with Crippen LogP contribution in [0.1, 0.15) is 76.9 Å². The molecule has 4 amide bonds. The Bertz CT molecular complexity index is 1350. The van der Waals surface area contributed by atoms with Crippen LogP contribution in [0.4, 0.5) is 0 Å². The van der Waals surface area contributed by atoms with E-state index in [1.807, 2.05) is 61.4 Å². The minimum atomic E-state index is -1.12. The van der Waals surface area contributed by atoms with Crippen molar-refractivity contribution in [2.45, 2.75) is 103 Å². The van der Waals surface area contributed by atoms with Gasteiger partial charge in [-0.25, -0.2) is 4.98 Å². The Labute approximate surface area is 295 Å². The first-order chi connectivity index (χ1) is 23.2. The quantitative estimate of drug-likeness (QED) is 0.214. The van der Waals surface area contributed by atoms with Crippen molar-refractivity contribution in [3.8, 4) is 0 Å². The molecule has 1 fully saturated rings. The molecule has 1 aromatic carbocycles. The summed E-state index contributed by atoms with van der Waals surface area (Å²) in [5.74, 6) is -1.58. The molecule has 3 rings (SSSR count). The minimum Gasteiger partial charge on any atom is -0.379 e. The molecule has 0 bridgehead atoms. The van der Waals surface area contributed by atoms with Crippen molar-refractivity contribution < 1.29 is 28.7 Å². The number of likely N-dealkylation sites (N-methyl/N-ethyl adjacent to an activating group) is 1. The van der Waals surface area contributed by atoms with Crippen molar-refractivity contribution in [2.24, 2.45) is 17.6 Å². The highest BCUT2D eigenvalue weighted by atomic mass is 32.1. The van der Waals surface area contributed by atoms with E-state index in [0.717, 1.165) is 23.4 Å². The van der Waals surface area contributed by atoms with Crippen LogP contribution in [-0.2, 0) is 35.1 Å². The molecule has 13 heteroatoms. The van der Waals surface area contributed by atoms with Crippen LogP contribution in [0.25, 0.3) is 0 Å². The average Bonchev–Trinajstić information content (AvgIpc) is 3.80. The van der Waals surface area contributed by atoms with E-state index in [9.17, 15) is 19.2 Å². The molecular weight excluding hydrogens is 644 g/mol. The Morgan fingerprint density at radius 3 is 2.41 bits per heavy atom. The number of nitrogens with two attached hydrogens (primary N) is 1. The second-order valence-corrected chi connectivity index (χ2v) is 14.6. The largest absolute Gasteiger partial charge is 0.379 e. The van der Waals surface area contributed by atoms with E-state index in [1.54, 1.807) is 46.2 Å². The lowest BCUT2D eigenvalue weighted by Gasteiger charge is -2.39. The third-order valence-corrected chi connectivity index (χ3v) is 10.5. The van der Waals surface area contributed by atoms with Crippen LogP contribution < -0.4 is 16.4 Å². The van der Waals surface area contributed by atoms with Gasteiger partial charge in [-0.2, -0.15) is 0 Å². The lowest BCUT2D eigenvalue weighted by Crippen LogP contribution is -2.55. The van der Waals surface area contributed by atoms with E-state index in [0.29, 0.717) is 19.4 Å². The summed E-state index contributed by atoms with van der Waals surface area (Å²) < 4.78 is 11.9. The van der Waals surface area contributed by atoms with Crippen molar-refractivity contribution in [1.29, 1.82) is 0 Å². The van der Waals surface area contributed by atoms with Crippen molar-refractivity contribution in [1.82, 2.24) is 25.4 Å². The van der Waals surface area contributed by atoms with Gasteiger partial charge in [0.25, 0.3) is 0 Å². The number of aromatic nitrogens is 1. The summed E-state index contributed by atoms with van der Waals surface area (Å²) in [5, 5.41) is 8.55. The first-order valence-electron chi connectivity index (χ1n) is 17.1. The molecule has 7 atom stereocenters. The number of ether oxygens (including phenoxy) is 2. The van der Waals surface area contributed by atoms with Crippen LogP contribution in [0, 0.1) is 11.8 Å². The van der Waals surface area contributed by atoms with Gasteiger partial charge in [-0.15, -0.1) is 11.3 Å². The van der Waals surface area contributed by atoms with Crippen molar-refractivity contribution in [3.05, 3.63) is 52.5 Å². The highest BCUT2D eigenvalue weighted by molar-refractivity contribution is 7.09. The van der Waals surface area contributed by atoms with Crippen LogP contribution in [0.3, 0.4) is 0 Å². The molecule has 2 aromatic rings. The molecule has 1 aliphatic heterocycles. The van der Waals surface area contributed by atoms with Gasteiger partial charge in [-0.1, -0.05) is 57.5 Å². The molecule has 0 radical (unpaired) electrons. The number of benzene rings is 1. The normalized spacial score (nSPS) is 18.6. The maximum atomic E-state index is 14.0. The van der Waals surface area contributed by atoms with E-state index >= 15 is 0 Å². The van der Waals surface area contributed by atoms with Crippen LogP contribution in [-0.4, -0.2) is 103 Å². The van der Waals surface area contributed by atoms with Gasteiger partial charge in [-0.3, -0.25) is 19.2 Å². The number of hydrogen-bond acceptors (Lipinski definition) is 9. The zero-order valence-electron chi connectivity index (χ0n) is 30.3. The molecule has 49 heavy (non-hydrogen) atoms. The standard InChI is InChI=1S/C36H56N6O6S/c1-9-23(2)31(41(6)30(44)22-39-35(46)36(4,5)37)28(47-7)21-29(43)42-18-13-16-27(42)32(48-8)24(3)33(45)40-26(34-38-17-19-49-34)20-25-14-11-10-12-15-25/h10-12,14-15,17,19,23-24,26-28,31-32H,9,13,16,18,20-22,37H2,1-8H3,(H,39,46)(H,40,45)/t23-,24+,26-,27-,28+,31-,32+/m0/s1. The van der Waals surface area contributed by atoms with E-state index in [-0.39, 0.29) is 48.7 Å². The van der Waals surface area contributed by atoms with E-state index < -0.39 is 35.6 Å². The van der Waals surface area contributed by atoms with Gasteiger partial charge >= 0.3 is 0 Å². The van der Waals surface area contributed by atoms with Gasteiger partial charge in [0.1, 0.15) is 5.01 Å². The third-order valence-electron chi connectivity index (χ3n) is 9.64. The van der Waals surface area contributed by atoms with Gasteiger partial charge in [0, 0.05) is 39.4 Å². The summed E-state index contributed by atoms with van der Waals surface area (Å²) in [4.78, 5) is 61.2. The second kappa shape index (κ2) is 18.6. The Hall–Kier alpha value is -3.39. The van der Waals surface area contributed by atoms with Crippen LogP contribution >= 0.6 is 11.3 Å². The lowest BCUT2D eigenvalue weighted by molar-refractivity contribution is -0.146. The van der Waals surface area contributed by atoms with Crippen molar-refractivity contribution in [3.63, 3.8) is 0 Å². The maximum absolute atomic E-state index is 14.0. The lowest BCUT2D eigenvalue weighted by atomic mass is 9.90. The molecule has 0 unspecified atom stereocenters. The van der Waals surface area contributed by atoms with E-state index in [2.05, 4.69) is 15.6 Å². The predicted molar refractivity (Wildman–Crippen MR) is 191 cm³/mol. The van der Waals surface area contributed by atoms with Gasteiger partial charge in [-0.05, 0) is 44.6 Å². The van der Waals surface area contributed by atoms with Crippen molar-refractivity contribution in [2.75, 3.05) is 34.4 Å². The molecular formula is C36H56N6O6S. The molecule has 272 valence electrons. The maximum Gasteiger partial charge on any atom is 0.242 e. The van der Waals surface area contributed by atoms with E-state index in [1.165, 1.54) is 11.3 Å². The zero-order chi connectivity index (χ0) is 36.3. The Kier molecular flexibility index (Phi) is 15.2. The number of carbonyl (C=O) groups excluding carboxylic acids is 4. The fourth-order valence-corrected chi connectivity index (χ4v) is 7.28. The van der Waals surface area contributed by atoms with Crippen molar-refractivity contribution >= 4 is 35.0 Å². The molecule has 12 nitrogen and oxygen atoms in total. The molecule has 0 aliphatic carbocycles. The van der Waals surface area contributed by atoms with Crippen LogP contribution in [0.2, 0.25) is 0 Å². The fraction of sp³-hybridized carbons (Fsp3) is 0.639. The third kappa shape index (κ3) is 10.8. The zero-order valence-corrected chi connectivity index (χ0v) is 31.1. The number of likely N-dealkylation sites (tertiary alicyclic amines) is 1. The molecule has 0 saturated carbocycles. The predicted octanol–water partition coefficient (Wildman–Crippen LogP) is 3.32. The van der Waals surface area contributed by atoms with E-state index in [4.69, 9.17) is 15.2 Å². The fourth-order valence-electron chi connectivity index (χ4n) is 6.59. The summed E-state index contributed by atoms with van der Waals surface area (Å²) in [6.45, 7) is 9.34. The first-order valence-corrected chi connectivity index (χ1v) is 18.0. The number of nitrogens with zero attached hydrogens (tertiary/aromatic N) is 3. The van der Waals surface area contributed by atoms with Crippen LogP contribution in [0.15, 0.2) is 41.9 Å². The number of nitrogens with one attached hydrogen (secondary N) is 2. The minimum absolute atomic E-state index is 0.000153. The highest BCUT2D eigenvalue weighted by Gasteiger charge is 2.42. The Morgan fingerprint density at radius 1 is 1.14 bits per heavy atom. The van der Waals surface area contributed by atoms with Gasteiger partial charge < -0.3 is 35.6 Å². The summed E-state index contributed by atoms with van der Waals surface area (Å²) in [5.41, 5.74) is 5.84. The SMILES string of the molecule is CC[C@H](C)[C@@H]([C@@H](CC(=O)N1CCC[C@H]1[C@H](OC)[C@@H](C)C(=O)N[C@@H](Cc1ccccc1)c1nccs1)OC)N(C)C(=O)CNC(=O)C(C)(C)N. The molecule has 2 heterocycles. The molecule has 1 aromatic heterocycles. The topological polar surface area (TPSA) is 156 Å². The summed E-state index contributed by atoms with van der Waals surface area (Å²) in [6, 6.07) is 8.94. The highest BCUT2D eigenvalue weighted by Crippen LogP contribution is 2.30. The Balaban J connectivity index is 1.73. The summed E-state index contributed by atoms with van der Waals surface area (Å²) >= 11 is 1.50. The summed E-state index contributed by atoms with van der Waals surface area (Å²) in [7, 11) is 4.80. The van der Waals surface area contributed by atoms with Gasteiger partial charge in [0.05, 0.1) is 54.8 Å². The Morgan fingerprint density at radius 2 is 1.84 bits per heavy atom. The average molecular weight is 701 g/mol. The monoisotopic (exact) mass is 700 g/mol.